The fourth-order valence-electron chi connectivity index (χ4n) is 1.48. The summed E-state index contributed by atoms with van der Waals surface area (Å²) >= 11 is 0. The second kappa shape index (κ2) is 10.9. The SMILES string of the molecule is CCCCN(CCCC)C(=O)NCC(=O)OCC. The van der Waals surface area contributed by atoms with Crippen molar-refractivity contribution < 1.29 is 14.3 Å². The molecule has 0 aliphatic rings. The molecule has 0 radical (unpaired) electrons. The average molecular weight is 258 g/mol. The second-order valence-corrected chi connectivity index (χ2v) is 4.16. The zero-order chi connectivity index (χ0) is 13.8. The molecule has 0 unspecified atom stereocenters. The Morgan fingerprint density at radius 2 is 1.61 bits per heavy atom. The molecule has 2 amide bonds. The summed E-state index contributed by atoms with van der Waals surface area (Å²) in [4.78, 5) is 24.8. The number of nitrogens with one attached hydrogen (secondary N) is 1. The number of amides is 2. The Hall–Kier alpha value is -1.26. The highest BCUT2D eigenvalue weighted by molar-refractivity contribution is 5.80. The third-order valence-corrected chi connectivity index (χ3v) is 2.54. The van der Waals surface area contributed by atoms with Gasteiger partial charge >= 0.3 is 12.0 Å². The van der Waals surface area contributed by atoms with Crippen LogP contribution < -0.4 is 5.32 Å². The molecule has 5 nitrogen and oxygen atoms in total. The topological polar surface area (TPSA) is 58.6 Å². The van der Waals surface area contributed by atoms with Gasteiger partial charge in [-0.25, -0.2) is 4.79 Å². The van der Waals surface area contributed by atoms with Crippen LogP contribution in [0.4, 0.5) is 4.79 Å². The molecule has 0 saturated heterocycles. The van der Waals surface area contributed by atoms with Crippen molar-refractivity contribution in [2.45, 2.75) is 46.5 Å². The molecule has 0 aromatic carbocycles. The molecule has 0 saturated carbocycles. The standard InChI is InChI=1S/C13H26N2O3/c1-4-7-9-15(10-8-5-2)13(17)14-11-12(16)18-6-3/h4-11H2,1-3H3,(H,14,17). The maximum atomic E-state index is 11.9. The fraction of sp³-hybridized carbons (Fsp3) is 0.846. The molecule has 0 aromatic heterocycles. The zero-order valence-corrected chi connectivity index (χ0v) is 11.8. The number of nitrogens with zero attached hydrogens (tertiary/aromatic N) is 1. The Bertz CT molecular complexity index is 236. The van der Waals surface area contributed by atoms with Gasteiger partial charge in [0.1, 0.15) is 6.54 Å². The lowest BCUT2D eigenvalue weighted by molar-refractivity contribution is -0.141. The van der Waals surface area contributed by atoms with Crippen LogP contribution in [0.25, 0.3) is 0 Å². The summed E-state index contributed by atoms with van der Waals surface area (Å²) in [5, 5.41) is 2.60. The smallest absolute Gasteiger partial charge is 0.325 e. The highest BCUT2D eigenvalue weighted by Gasteiger charge is 2.13. The maximum absolute atomic E-state index is 11.9. The first-order valence-electron chi connectivity index (χ1n) is 6.84. The van der Waals surface area contributed by atoms with Gasteiger partial charge in [-0.05, 0) is 19.8 Å². The summed E-state index contributed by atoms with van der Waals surface area (Å²) in [6.07, 6.45) is 4.06. The molecular formula is C13H26N2O3. The van der Waals surface area contributed by atoms with Crippen molar-refractivity contribution in [2.75, 3.05) is 26.2 Å². The Labute approximate surface area is 110 Å². The lowest BCUT2D eigenvalue weighted by atomic mass is 10.3. The summed E-state index contributed by atoms with van der Waals surface area (Å²) in [5.41, 5.74) is 0. The maximum Gasteiger partial charge on any atom is 0.325 e. The first kappa shape index (κ1) is 16.7. The Kier molecular flexibility index (Phi) is 10.1. The van der Waals surface area contributed by atoms with Crippen LogP contribution in [0.15, 0.2) is 0 Å². The molecule has 0 aliphatic carbocycles. The van der Waals surface area contributed by atoms with Gasteiger partial charge in [0.15, 0.2) is 0 Å². The number of ether oxygens (including phenoxy) is 1. The van der Waals surface area contributed by atoms with E-state index < -0.39 is 5.97 Å². The number of esters is 1. The van der Waals surface area contributed by atoms with E-state index in [0.29, 0.717) is 6.61 Å². The van der Waals surface area contributed by atoms with Crippen molar-refractivity contribution in [3.63, 3.8) is 0 Å². The molecule has 0 rings (SSSR count). The molecule has 18 heavy (non-hydrogen) atoms. The zero-order valence-electron chi connectivity index (χ0n) is 11.8. The summed E-state index contributed by atoms with van der Waals surface area (Å²) in [6.45, 7) is 7.69. The van der Waals surface area contributed by atoms with Crippen LogP contribution in [0.1, 0.15) is 46.5 Å². The van der Waals surface area contributed by atoms with Gasteiger partial charge in [0.25, 0.3) is 0 Å². The fourth-order valence-corrected chi connectivity index (χ4v) is 1.48. The van der Waals surface area contributed by atoms with Crippen LogP contribution in [-0.2, 0) is 9.53 Å². The van der Waals surface area contributed by atoms with E-state index in [1.807, 2.05) is 0 Å². The predicted molar refractivity (Wildman–Crippen MR) is 71.4 cm³/mol. The molecular weight excluding hydrogens is 232 g/mol. The molecule has 5 heteroatoms. The molecule has 0 spiro atoms. The monoisotopic (exact) mass is 258 g/mol. The highest BCUT2D eigenvalue weighted by atomic mass is 16.5. The van der Waals surface area contributed by atoms with Crippen molar-refractivity contribution in [1.82, 2.24) is 10.2 Å². The second-order valence-electron chi connectivity index (χ2n) is 4.16. The van der Waals surface area contributed by atoms with Crippen LogP contribution in [0, 0.1) is 0 Å². The number of hydrogen-bond donors (Lipinski definition) is 1. The molecule has 0 atom stereocenters. The minimum atomic E-state index is -0.392. The Morgan fingerprint density at radius 3 is 2.06 bits per heavy atom. The minimum Gasteiger partial charge on any atom is -0.465 e. The van der Waals surface area contributed by atoms with Crippen LogP contribution in [0.3, 0.4) is 0 Å². The average Bonchev–Trinajstić information content (AvgIpc) is 2.36. The van der Waals surface area contributed by atoms with E-state index in [0.717, 1.165) is 38.8 Å². The van der Waals surface area contributed by atoms with Gasteiger partial charge in [-0.2, -0.15) is 0 Å². The number of carbonyl (C=O) groups excluding carboxylic acids is 2. The number of carbonyl (C=O) groups is 2. The van der Waals surface area contributed by atoms with Gasteiger partial charge in [0.05, 0.1) is 6.61 Å². The number of unbranched alkanes of at least 4 members (excludes halogenated alkanes) is 2. The predicted octanol–water partition coefficient (Wildman–Crippen LogP) is 2.16. The lowest BCUT2D eigenvalue weighted by Gasteiger charge is -2.22. The van der Waals surface area contributed by atoms with Gasteiger partial charge < -0.3 is 15.0 Å². The Balaban J connectivity index is 4.06. The number of urea groups is 1. The normalized spacial score (nSPS) is 9.94. The van der Waals surface area contributed by atoms with Gasteiger partial charge in [-0.3, -0.25) is 4.79 Å². The van der Waals surface area contributed by atoms with Crippen LogP contribution in [0.5, 0.6) is 0 Å². The van der Waals surface area contributed by atoms with Gasteiger partial charge in [-0.15, -0.1) is 0 Å². The van der Waals surface area contributed by atoms with Gasteiger partial charge in [0.2, 0.25) is 0 Å². The summed E-state index contributed by atoms with van der Waals surface area (Å²) in [6, 6.07) is -0.176. The van der Waals surface area contributed by atoms with Crippen molar-refractivity contribution in [3.05, 3.63) is 0 Å². The molecule has 0 fully saturated rings. The van der Waals surface area contributed by atoms with E-state index in [2.05, 4.69) is 19.2 Å². The lowest BCUT2D eigenvalue weighted by Crippen LogP contribution is -2.43. The first-order chi connectivity index (χ1) is 8.65. The van der Waals surface area contributed by atoms with E-state index in [-0.39, 0.29) is 12.6 Å². The van der Waals surface area contributed by atoms with Crippen molar-refractivity contribution in [3.8, 4) is 0 Å². The molecule has 106 valence electrons. The summed E-state index contributed by atoms with van der Waals surface area (Å²) in [5.74, 6) is -0.392. The third kappa shape index (κ3) is 7.92. The number of hydrogen-bond acceptors (Lipinski definition) is 3. The third-order valence-electron chi connectivity index (χ3n) is 2.54. The van der Waals surface area contributed by atoms with Crippen LogP contribution in [-0.4, -0.2) is 43.1 Å². The molecule has 1 N–H and O–H groups in total. The summed E-state index contributed by atoms with van der Waals surface area (Å²) in [7, 11) is 0. The van der Waals surface area contributed by atoms with Crippen molar-refractivity contribution in [2.24, 2.45) is 0 Å². The highest BCUT2D eigenvalue weighted by Crippen LogP contribution is 1.99. The van der Waals surface area contributed by atoms with E-state index in [9.17, 15) is 9.59 Å². The molecule has 0 bridgehead atoms. The van der Waals surface area contributed by atoms with E-state index in [1.54, 1.807) is 11.8 Å². The van der Waals surface area contributed by atoms with Crippen molar-refractivity contribution in [1.29, 1.82) is 0 Å². The van der Waals surface area contributed by atoms with Gasteiger partial charge in [0, 0.05) is 13.1 Å². The largest absolute Gasteiger partial charge is 0.465 e. The summed E-state index contributed by atoms with van der Waals surface area (Å²) < 4.78 is 4.76. The Morgan fingerprint density at radius 1 is 1.06 bits per heavy atom. The first-order valence-corrected chi connectivity index (χ1v) is 6.84. The van der Waals surface area contributed by atoms with Crippen LogP contribution in [0.2, 0.25) is 0 Å². The number of rotatable bonds is 9. The molecule has 0 heterocycles. The van der Waals surface area contributed by atoms with Gasteiger partial charge in [-0.1, -0.05) is 26.7 Å². The van der Waals surface area contributed by atoms with E-state index >= 15 is 0 Å². The molecule has 0 aliphatic heterocycles. The molecule has 0 aromatic rings. The van der Waals surface area contributed by atoms with Crippen LogP contribution >= 0.6 is 0 Å². The van der Waals surface area contributed by atoms with E-state index in [1.165, 1.54) is 0 Å². The van der Waals surface area contributed by atoms with Crippen molar-refractivity contribution >= 4 is 12.0 Å². The van der Waals surface area contributed by atoms with E-state index in [4.69, 9.17) is 4.74 Å². The minimum absolute atomic E-state index is 0.0541. The quantitative estimate of drug-likeness (QED) is 0.645.